The van der Waals surface area contributed by atoms with E-state index < -0.39 is 0 Å². The minimum atomic E-state index is -0.0239. The van der Waals surface area contributed by atoms with Gasteiger partial charge in [-0.05, 0) is 91.7 Å². The molecule has 3 aromatic rings. The van der Waals surface area contributed by atoms with E-state index in [-0.39, 0.29) is 10.2 Å². The first-order valence-corrected chi connectivity index (χ1v) is 12.0. The predicted octanol–water partition coefficient (Wildman–Crippen LogP) is 6.85. The maximum Gasteiger partial charge on any atom is 0.230 e. The van der Waals surface area contributed by atoms with Crippen LogP contribution in [-0.4, -0.2) is 10.2 Å². The lowest BCUT2D eigenvalue weighted by atomic mass is 10.2. The van der Waals surface area contributed by atoms with Crippen molar-refractivity contribution in [2.45, 2.75) is 9.79 Å². The fraction of sp³-hybridized carbons (Fsp3) is 0. The Balaban J connectivity index is 1.53. The Hall–Kier alpha value is -1.60. The first-order chi connectivity index (χ1) is 12.7. The van der Waals surface area contributed by atoms with Crippen LogP contribution in [-0.2, 0) is 0 Å². The van der Waals surface area contributed by atoms with E-state index in [0.717, 1.165) is 9.79 Å². The second-order valence-electron chi connectivity index (χ2n) is 5.11. The minimum absolute atomic E-state index is 0.0239. The lowest BCUT2D eigenvalue weighted by molar-refractivity contribution is 0.108. The second-order valence-corrected chi connectivity index (χ2v) is 9.46. The van der Waals surface area contributed by atoms with Crippen LogP contribution in [0.25, 0.3) is 0 Å². The van der Waals surface area contributed by atoms with E-state index in [9.17, 15) is 9.59 Å². The van der Waals surface area contributed by atoms with Gasteiger partial charge < -0.3 is 0 Å². The fourth-order valence-electron chi connectivity index (χ4n) is 1.96. The Bertz CT molecular complexity index is 791. The molecular formula is C20H14O2S4. The Morgan fingerprint density at radius 2 is 0.846 bits per heavy atom. The van der Waals surface area contributed by atoms with Gasteiger partial charge in [0.2, 0.25) is 10.2 Å². The number of benzene rings is 3. The molecule has 0 N–H and O–H groups in total. The molecule has 0 aliphatic carbocycles. The van der Waals surface area contributed by atoms with E-state index in [1.807, 2.05) is 60.7 Å². The van der Waals surface area contributed by atoms with Gasteiger partial charge in [0.25, 0.3) is 0 Å². The monoisotopic (exact) mass is 414 g/mol. The van der Waals surface area contributed by atoms with Gasteiger partial charge in [-0.3, -0.25) is 9.59 Å². The van der Waals surface area contributed by atoms with Crippen LogP contribution in [0.4, 0.5) is 0 Å². The first-order valence-electron chi connectivity index (χ1n) is 7.70. The molecule has 0 bridgehead atoms. The van der Waals surface area contributed by atoms with Crippen molar-refractivity contribution in [3.05, 3.63) is 96.1 Å². The van der Waals surface area contributed by atoms with Gasteiger partial charge in [0, 0.05) is 20.9 Å². The van der Waals surface area contributed by atoms with Gasteiger partial charge in [0.1, 0.15) is 0 Å². The van der Waals surface area contributed by atoms with E-state index in [4.69, 9.17) is 0 Å². The van der Waals surface area contributed by atoms with E-state index in [1.54, 1.807) is 24.3 Å². The molecule has 0 aromatic heterocycles. The summed E-state index contributed by atoms with van der Waals surface area (Å²) in [7, 11) is 5.24. The Labute approximate surface area is 168 Å². The molecule has 0 spiro atoms. The quantitative estimate of drug-likeness (QED) is 0.410. The summed E-state index contributed by atoms with van der Waals surface area (Å²) in [6, 6.07) is 26.4. The topological polar surface area (TPSA) is 34.1 Å². The molecule has 0 atom stereocenters. The summed E-state index contributed by atoms with van der Waals surface area (Å²) in [6.07, 6.45) is 0. The standard InChI is InChI=1S/C20H14O2S4/c21-19(25-23-17-7-3-1-4-8-17)15-11-13-16(14-12-15)20(22)26-24-18-9-5-2-6-10-18/h1-14H. The Kier molecular flexibility index (Phi) is 7.32. The molecule has 130 valence electrons. The number of hydrogen-bond donors (Lipinski definition) is 0. The number of rotatable bonds is 6. The van der Waals surface area contributed by atoms with Crippen molar-refractivity contribution in [3.63, 3.8) is 0 Å². The molecule has 0 fully saturated rings. The number of carbonyl (C=O) groups is 2. The highest BCUT2D eigenvalue weighted by Crippen LogP contribution is 2.35. The van der Waals surface area contributed by atoms with Crippen LogP contribution in [0.3, 0.4) is 0 Å². The summed E-state index contributed by atoms with van der Waals surface area (Å²) in [4.78, 5) is 26.6. The normalized spacial score (nSPS) is 10.5. The molecule has 0 saturated heterocycles. The van der Waals surface area contributed by atoms with Crippen molar-refractivity contribution in [3.8, 4) is 0 Å². The summed E-state index contributed by atoms with van der Waals surface area (Å²) < 4.78 is 0. The maximum absolute atomic E-state index is 12.3. The molecule has 0 radical (unpaired) electrons. The molecule has 3 aromatic carbocycles. The summed E-state index contributed by atoms with van der Waals surface area (Å²) >= 11 is 0. The summed E-state index contributed by atoms with van der Waals surface area (Å²) in [6.45, 7) is 0. The minimum Gasteiger partial charge on any atom is -0.281 e. The Morgan fingerprint density at radius 3 is 1.19 bits per heavy atom. The zero-order chi connectivity index (χ0) is 18.2. The van der Waals surface area contributed by atoms with Gasteiger partial charge in [-0.2, -0.15) is 0 Å². The largest absolute Gasteiger partial charge is 0.281 e. The van der Waals surface area contributed by atoms with Crippen LogP contribution in [0.1, 0.15) is 20.7 Å². The first kappa shape index (κ1) is 19.2. The van der Waals surface area contributed by atoms with E-state index in [2.05, 4.69) is 0 Å². The second kappa shape index (κ2) is 9.92. The summed E-state index contributed by atoms with van der Waals surface area (Å²) in [5.74, 6) is 0. The van der Waals surface area contributed by atoms with E-state index in [1.165, 1.54) is 43.2 Å². The molecule has 3 rings (SSSR count). The van der Waals surface area contributed by atoms with Crippen LogP contribution in [0.2, 0.25) is 0 Å². The lowest BCUT2D eigenvalue weighted by Crippen LogP contribution is -1.95. The third kappa shape index (κ3) is 5.71. The average molecular weight is 415 g/mol. The third-order valence-electron chi connectivity index (χ3n) is 3.27. The van der Waals surface area contributed by atoms with Crippen LogP contribution in [0.5, 0.6) is 0 Å². The maximum atomic E-state index is 12.3. The van der Waals surface area contributed by atoms with E-state index >= 15 is 0 Å². The van der Waals surface area contributed by atoms with Crippen molar-refractivity contribution < 1.29 is 9.59 Å². The SMILES string of the molecule is O=C(SSc1ccccc1)c1ccc(C(=O)SSc2ccccc2)cc1. The molecule has 2 nitrogen and oxygen atoms in total. The van der Waals surface area contributed by atoms with Crippen molar-refractivity contribution in [2.75, 3.05) is 0 Å². The van der Waals surface area contributed by atoms with Crippen LogP contribution >= 0.6 is 43.2 Å². The number of hydrogen-bond acceptors (Lipinski definition) is 6. The van der Waals surface area contributed by atoms with Crippen molar-refractivity contribution in [2.24, 2.45) is 0 Å². The molecule has 0 amide bonds. The molecule has 0 saturated carbocycles. The highest BCUT2D eigenvalue weighted by atomic mass is 33.1. The molecule has 0 aliphatic heterocycles. The van der Waals surface area contributed by atoms with Gasteiger partial charge in [-0.25, -0.2) is 0 Å². The fourth-order valence-corrected chi connectivity index (χ4v) is 5.58. The molecule has 26 heavy (non-hydrogen) atoms. The highest BCUT2D eigenvalue weighted by Gasteiger charge is 2.11. The van der Waals surface area contributed by atoms with Gasteiger partial charge >= 0.3 is 0 Å². The molecule has 6 heteroatoms. The predicted molar refractivity (Wildman–Crippen MR) is 115 cm³/mol. The van der Waals surface area contributed by atoms with Crippen LogP contribution in [0, 0.1) is 0 Å². The summed E-state index contributed by atoms with van der Waals surface area (Å²) in [5, 5.41) is -0.0478. The average Bonchev–Trinajstić information content (AvgIpc) is 2.72. The van der Waals surface area contributed by atoms with E-state index in [0.29, 0.717) is 11.1 Å². The zero-order valence-corrected chi connectivity index (χ0v) is 16.8. The van der Waals surface area contributed by atoms with Crippen molar-refractivity contribution >= 4 is 53.4 Å². The Morgan fingerprint density at radius 1 is 0.500 bits per heavy atom. The van der Waals surface area contributed by atoms with Gasteiger partial charge in [-0.1, -0.05) is 36.4 Å². The van der Waals surface area contributed by atoms with Crippen molar-refractivity contribution in [1.82, 2.24) is 0 Å². The zero-order valence-electron chi connectivity index (χ0n) is 13.5. The number of carbonyl (C=O) groups excluding carboxylic acids is 2. The molecular weight excluding hydrogens is 400 g/mol. The lowest BCUT2D eigenvalue weighted by Gasteiger charge is -2.03. The van der Waals surface area contributed by atoms with Gasteiger partial charge in [-0.15, -0.1) is 0 Å². The van der Waals surface area contributed by atoms with Crippen molar-refractivity contribution in [1.29, 1.82) is 0 Å². The third-order valence-corrected chi connectivity index (χ3v) is 7.70. The molecule has 0 aliphatic rings. The van der Waals surface area contributed by atoms with Crippen LogP contribution in [0.15, 0.2) is 94.7 Å². The van der Waals surface area contributed by atoms with Gasteiger partial charge in [0.15, 0.2) is 0 Å². The molecule has 0 heterocycles. The molecule has 0 unspecified atom stereocenters. The highest BCUT2D eigenvalue weighted by molar-refractivity contribution is 8.82. The summed E-state index contributed by atoms with van der Waals surface area (Å²) in [5.41, 5.74) is 1.19. The van der Waals surface area contributed by atoms with Crippen LogP contribution < -0.4 is 0 Å². The van der Waals surface area contributed by atoms with Gasteiger partial charge in [0.05, 0.1) is 0 Å². The smallest absolute Gasteiger partial charge is 0.230 e.